The number of fused-ring (bicyclic) bond motifs is 1. The number of para-hydroxylation sites is 1. The predicted molar refractivity (Wildman–Crippen MR) is 113 cm³/mol. The fourth-order valence-electron chi connectivity index (χ4n) is 3.06. The smallest absolute Gasteiger partial charge is 0.343 e. The van der Waals surface area contributed by atoms with Gasteiger partial charge < -0.3 is 5.32 Å². The molecule has 0 saturated carbocycles. The molecule has 29 heavy (non-hydrogen) atoms. The van der Waals surface area contributed by atoms with Crippen LogP contribution in [0.1, 0.15) is 25.8 Å². The molecule has 2 aromatic rings. The Bertz CT molecular complexity index is 1070. The first kappa shape index (κ1) is 21.1. The Kier molecular flexibility index (Phi) is 5.86. The largest absolute Gasteiger partial charge is 0.352 e. The molecule has 1 aliphatic rings. The van der Waals surface area contributed by atoms with Crippen molar-refractivity contribution in [1.82, 2.24) is 5.32 Å². The molecule has 154 valence electrons. The quantitative estimate of drug-likeness (QED) is 0.775. The van der Waals surface area contributed by atoms with Crippen molar-refractivity contribution in [3.8, 4) is 0 Å². The van der Waals surface area contributed by atoms with Gasteiger partial charge in [-0.3, -0.25) is 9.69 Å². The molecule has 0 saturated heterocycles. The van der Waals surface area contributed by atoms with E-state index in [0.717, 1.165) is 6.42 Å². The molecule has 9 heteroatoms. The van der Waals surface area contributed by atoms with E-state index in [1.807, 2.05) is 13.8 Å². The van der Waals surface area contributed by atoms with Crippen molar-refractivity contribution in [2.75, 3.05) is 15.7 Å². The molecule has 2 aromatic carbocycles. The number of hydrogen-bond donors (Lipinski definition) is 1. The van der Waals surface area contributed by atoms with Crippen LogP contribution in [0.5, 0.6) is 0 Å². The number of aryl methyl sites for hydroxylation is 1. The number of rotatable bonds is 5. The Labute approximate surface area is 175 Å². The summed E-state index contributed by atoms with van der Waals surface area (Å²) in [4.78, 5) is 26.9. The monoisotopic (exact) mass is 435 g/mol. The molecule has 7 nitrogen and oxygen atoms in total. The molecule has 1 N–H and O–H groups in total. The molecule has 0 bridgehead atoms. The zero-order valence-corrected chi connectivity index (χ0v) is 17.9. The minimum absolute atomic E-state index is 0.0460. The van der Waals surface area contributed by atoms with E-state index in [2.05, 4.69) is 5.32 Å². The van der Waals surface area contributed by atoms with Crippen molar-refractivity contribution >= 4 is 44.9 Å². The van der Waals surface area contributed by atoms with Gasteiger partial charge in [-0.25, -0.2) is 13.2 Å². The summed E-state index contributed by atoms with van der Waals surface area (Å²) < 4.78 is 27.3. The van der Waals surface area contributed by atoms with Crippen LogP contribution in [0.4, 0.5) is 16.2 Å². The number of hydrogen-bond acceptors (Lipinski definition) is 4. The summed E-state index contributed by atoms with van der Waals surface area (Å²) in [5.74, 6) is -0.371. The molecule has 0 aliphatic carbocycles. The minimum Gasteiger partial charge on any atom is -0.352 e. The molecule has 3 amide bonds. The Balaban J connectivity index is 2.12. The molecule has 1 heterocycles. The Morgan fingerprint density at radius 2 is 1.86 bits per heavy atom. The van der Waals surface area contributed by atoms with Crippen molar-refractivity contribution in [3.05, 3.63) is 53.1 Å². The number of carbonyl (C=O) groups is 2. The van der Waals surface area contributed by atoms with Crippen LogP contribution >= 0.6 is 11.6 Å². The van der Waals surface area contributed by atoms with Gasteiger partial charge in [-0.15, -0.1) is 0 Å². The first-order valence-electron chi connectivity index (χ1n) is 9.18. The van der Waals surface area contributed by atoms with Gasteiger partial charge in [-0.1, -0.05) is 36.7 Å². The maximum Gasteiger partial charge on any atom is 0.343 e. The molecule has 3 rings (SSSR count). The lowest BCUT2D eigenvalue weighted by Crippen LogP contribution is -2.54. The van der Waals surface area contributed by atoms with E-state index in [-0.39, 0.29) is 34.8 Å². The number of halogens is 1. The average molecular weight is 436 g/mol. The van der Waals surface area contributed by atoms with Crippen LogP contribution in [0.3, 0.4) is 0 Å². The van der Waals surface area contributed by atoms with Gasteiger partial charge in [0.1, 0.15) is 11.4 Å². The van der Waals surface area contributed by atoms with E-state index in [1.54, 1.807) is 31.2 Å². The van der Waals surface area contributed by atoms with Gasteiger partial charge in [0.15, 0.2) is 0 Å². The molecule has 1 atom stereocenters. The number of nitrogens with zero attached hydrogens (tertiary/aromatic N) is 2. The van der Waals surface area contributed by atoms with Crippen LogP contribution in [0.15, 0.2) is 47.4 Å². The van der Waals surface area contributed by atoms with Gasteiger partial charge in [0.25, 0.3) is 10.0 Å². The van der Waals surface area contributed by atoms with Gasteiger partial charge in [0.05, 0.1) is 11.4 Å². The zero-order valence-electron chi connectivity index (χ0n) is 16.3. The maximum absolute atomic E-state index is 13.3. The third-order valence-corrected chi connectivity index (χ3v) is 6.76. The maximum atomic E-state index is 13.3. The molecule has 1 aliphatic heterocycles. The van der Waals surface area contributed by atoms with Crippen molar-refractivity contribution < 1.29 is 18.0 Å². The summed E-state index contributed by atoms with van der Waals surface area (Å²) in [6.45, 7) is 5.18. The second-order valence-corrected chi connectivity index (χ2v) is 9.11. The lowest BCUT2D eigenvalue weighted by atomic mass is 10.2. The van der Waals surface area contributed by atoms with E-state index in [0.29, 0.717) is 14.9 Å². The fraction of sp³-hybridized carbons (Fsp3) is 0.300. The Morgan fingerprint density at radius 1 is 1.17 bits per heavy atom. The Morgan fingerprint density at radius 3 is 2.55 bits per heavy atom. The number of anilines is 2. The highest BCUT2D eigenvalue weighted by Gasteiger charge is 2.43. The van der Waals surface area contributed by atoms with Gasteiger partial charge in [-0.2, -0.15) is 4.31 Å². The lowest BCUT2D eigenvalue weighted by Gasteiger charge is -2.36. The van der Waals surface area contributed by atoms with Crippen LogP contribution < -0.4 is 14.5 Å². The molecular weight excluding hydrogens is 414 g/mol. The van der Waals surface area contributed by atoms with Crippen LogP contribution in [-0.2, 0) is 14.8 Å². The highest BCUT2D eigenvalue weighted by atomic mass is 35.5. The highest BCUT2D eigenvalue weighted by Crippen LogP contribution is 2.38. The van der Waals surface area contributed by atoms with E-state index in [9.17, 15) is 18.0 Å². The molecule has 0 fully saturated rings. The normalized spacial score (nSPS) is 16.3. The average Bonchev–Trinajstić information content (AvgIpc) is 2.67. The summed E-state index contributed by atoms with van der Waals surface area (Å²) in [7, 11) is -4.17. The van der Waals surface area contributed by atoms with Crippen LogP contribution in [0.25, 0.3) is 0 Å². The third kappa shape index (κ3) is 3.95. The lowest BCUT2D eigenvalue weighted by molar-refractivity contribution is -0.120. The van der Waals surface area contributed by atoms with E-state index >= 15 is 0 Å². The van der Waals surface area contributed by atoms with Crippen LogP contribution in [0.2, 0.25) is 5.02 Å². The number of carbonyl (C=O) groups excluding carboxylic acids is 2. The summed E-state index contributed by atoms with van der Waals surface area (Å²) in [5, 5.41) is 3.10. The summed E-state index contributed by atoms with van der Waals surface area (Å²) in [5.41, 5.74) is 0.895. The predicted octanol–water partition coefficient (Wildman–Crippen LogP) is 3.70. The summed E-state index contributed by atoms with van der Waals surface area (Å²) in [6, 6.07) is 9.94. The second-order valence-electron chi connectivity index (χ2n) is 6.91. The summed E-state index contributed by atoms with van der Waals surface area (Å²) >= 11 is 6.06. The van der Waals surface area contributed by atoms with Crippen LogP contribution in [-0.4, -0.2) is 32.9 Å². The van der Waals surface area contributed by atoms with Crippen molar-refractivity contribution in [2.24, 2.45) is 0 Å². The van der Waals surface area contributed by atoms with Gasteiger partial charge in [0.2, 0.25) is 5.91 Å². The highest BCUT2D eigenvalue weighted by molar-refractivity contribution is 7.94. The standard InChI is InChI=1S/C20H22ClN3O4S/c1-4-14(3)22-19(25)12-23-16-7-5-6-8-18(16)29(27,28)24(20(23)26)17-11-15(21)10-9-13(17)2/h5-11,14H,4,12H2,1-3H3,(H,22,25). The van der Waals surface area contributed by atoms with Gasteiger partial charge in [-0.05, 0) is 50.1 Å². The number of urea groups is 1. The molecule has 0 spiro atoms. The van der Waals surface area contributed by atoms with E-state index < -0.39 is 16.1 Å². The van der Waals surface area contributed by atoms with Gasteiger partial charge in [0, 0.05) is 11.1 Å². The molecule has 0 radical (unpaired) electrons. The number of nitrogens with one attached hydrogen (secondary N) is 1. The fourth-order valence-corrected chi connectivity index (χ4v) is 4.88. The van der Waals surface area contributed by atoms with Crippen molar-refractivity contribution in [3.63, 3.8) is 0 Å². The van der Waals surface area contributed by atoms with Crippen LogP contribution in [0, 0.1) is 6.92 Å². The second kappa shape index (κ2) is 8.04. The summed E-state index contributed by atoms with van der Waals surface area (Å²) in [6.07, 6.45) is 0.735. The SMILES string of the molecule is CCC(C)NC(=O)CN1C(=O)N(c2cc(Cl)ccc2C)S(=O)(=O)c2ccccc21. The van der Waals surface area contributed by atoms with E-state index in [1.165, 1.54) is 23.1 Å². The van der Waals surface area contributed by atoms with Crippen molar-refractivity contribution in [1.29, 1.82) is 0 Å². The van der Waals surface area contributed by atoms with E-state index in [4.69, 9.17) is 11.6 Å². The number of sulfonamides is 1. The third-order valence-electron chi connectivity index (χ3n) is 4.79. The first-order valence-corrected chi connectivity index (χ1v) is 11.0. The van der Waals surface area contributed by atoms with Gasteiger partial charge >= 0.3 is 6.03 Å². The zero-order chi connectivity index (χ0) is 21.3. The van der Waals surface area contributed by atoms with Crippen molar-refractivity contribution in [2.45, 2.75) is 38.1 Å². The minimum atomic E-state index is -4.17. The molecular formula is C20H22ClN3O4S. The Hall–Kier alpha value is -2.58. The molecule has 1 unspecified atom stereocenters. The number of amides is 3. The number of benzene rings is 2. The topological polar surface area (TPSA) is 86.8 Å². The molecule has 0 aromatic heterocycles. The first-order chi connectivity index (χ1) is 13.7.